The van der Waals surface area contributed by atoms with Crippen molar-refractivity contribution in [1.82, 2.24) is 19.1 Å². The number of sulfonamides is 1. The number of carbonyl (C=O) groups excluding carboxylic acids is 2. The van der Waals surface area contributed by atoms with Crippen LogP contribution in [0.2, 0.25) is 0 Å². The molecule has 0 aliphatic carbocycles. The normalized spacial score (nSPS) is 16.8. The molecule has 0 N–H and O–H groups in total. The Morgan fingerprint density at radius 3 is 2.20 bits per heavy atom. The fourth-order valence-electron chi connectivity index (χ4n) is 4.85. The molecule has 214 valence electrons. The molecule has 1 aromatic heterocycles. The van der Waals surface area contributed by atoms with Crippen LogP contribution < -0.4 is 9.64 Å². The third-order valence-corrected chi connectivity index (χ3v) is 10.0. The van der Waals surface area contributed by atoms with Crippen molar-refractivity contribution >= 4 is 48.7 Å². The van der Waals surface area contributed by atoms with Gasteiger partial charge in [-0.2, -0.15) is 4.31 Å². The van der Waals surface area contributed by atoms with E-state index in [1.54, 1.807) is 35.3 Å². The highest BCUT2D eigenvalue weighted by atomic mass is 32.2. The molecule has 3 heterocycles. The highest BCUT2D eigenvalue weighted by Crippen LogP contribution is 2.34. The average molecular weight is 588 g/mol. The van der Waals surface area contributed by atoms with Crippen molar-refractivity contribution in [3.8, 4) is 5.75 Å². The van der Waals surface area contributed by atoms with Crippen molar-refractivity contribution < 1.29 is 27.5 Å². The molecule has 2 aliphatic heterocycles. The lowest BCUT2D eigenvalue weighted by molar-refractivity contribution is 0.0746. The Balaban J connectivity index is 1.18. The number of benzene rings is 2. The molecule has 0 atom stereocenters. The number of fused-ring (bicyclic) bond motifs is 1. The second kappa shape index (κ2) is 12.0. The van der Waals surface area contributed by atoms with Gasteiger partial charge in [0.2, 0.25) is 10.0 Å². The van der Waals surface area contributed by atoms with Crippen molar-refractivity contribution in [2.45, 2.75) is 18.7 Å². The summed E-state index contributed by atoms with van der Waals surface area (Å²) in [7, 11) is -3.74. The van der Waals surface area contributed by atoms with Crippen molar-refractivity contribution in [2.24, 2.45) is 0 Å². The summed E-state index contributed by atoms with van der Waals surface area (Å²) in [4.78, 5) is 35.5. The Morgan fingerprint density at radius 2 is 1.55 bits per heavy atom. The van der Waals surface area contributed by atoms with Gasteiger partial charge in [0.05, 0.1) is 22.8 Å². The van der Waals surface area contributed by atoms with Gasteiger partial charge < -0.3 is 24.2 Å². The summed E-state index contributed by atoms with van der Waals surface area (Å²) >= 11 is 1.61. The third-order valence-electron chi connectivity index (χ3n) is 7.01. The maximum Gasteiger partial charge on any atom is 0.409 e. The first-order chi connectivity index (χ1) is 19.3. The molecule has 0 bridgehead atoms. The summed E-state index contributed by atoms with van der Waals surface area (Å²) in [5.41, 5.74) is 1.31. The van der Waals surface area contributed by atoms with Crippen molar-refractivity contribution in [3.63, 3.8) is 0 Å². The Labute approximate surface area is 237 Å². The second-order valence-corrected chi connectivity index (χ2v) is 12.4. The van der Waals surface area contributed by atoms with Gasteiger partial charge in [0.1, 0.15) is 11.3 Å². The summed E-state index contributed by atoms with van der Waals surface area (Å²) in [6.45, 7) is 7.83. The quantitative estimate of drug-likeness (QED) is 0.415. The van der Waals surface area contributed by atoms with Gasteiger partial charge in [0.25, 0.3) is 5.91 Å². The number of hydrogen-bond donors (Lipinski definition) is 0. The Kier molecular flexibility index (Phi) is 8.43. The summed E-state index contributed by atoms with van der Waals surface area (Å²) in [6, 6.07) is 12.0. The van der Waals surface area contributed by atoms with E-state index in [-0.39, 0.29) is 43.6 Å². The predicted molar refractivity (Wildman–Crippen MR) is 153 cm³/mol. The van der Waals surface area contributed by atoms with E-state index in [9.17, 15) is 18.0 Å². The molecular weight excluding hydrogens is 554 g/mol. The number of amides is 2. The molecule has 2 saturated heterocycles. The molecular formula is C27H33N5O6S2. The van der Waals surface area contributed by atoms with E-state index in [0.29, 0.717) is 38.3 Å². The fraction of sp³-hybridized carbons (Fsp3) is 0.444. The van der Waals surface area contributed by atoms with Crippen LogP contribution >= 0.6 is 11.3 Å². The van der Waals surface area contributed by atoms with Gasteiger partial charge in [0, 0.05) is 57.9 Å². The first kappa shape index (κ1) is 28.1. The minimum atomic E-state index is -3.74. The molecule has 13 heteroatoms. The van der Waals surface area contributed by atoms with E-state index in [2.05, 4.69) is 4.90 Å². The highest BCUT2D eigenvalue weighted by molar-refractivity contribution is 7.89. The number of ether oxygens (including phenoxy) is 2. The van der Waals surface area contributed by atoms with Crippen LogP contribution in [0.1, 0.15) is 24.2 Å². The maximum absolute atomic E-state index is 13.2. The zero-order valence-corrected chi connectivity index (χ0v) is 24.2. The van der Waals surface area contributed by atoms with Gasteiger partial charge in [-0.15, -0.1) is 0 Å². The van der Waals surface area contributed by atoms with Gasteiger partial charge in [-0.1, -0.05) is 17.4 Å². The molecule has 0 unspecified atom stereocenters. The van der Waals surface area contributed by atoms with Gasteiger partial charge in [-0.3, -0.25) is 4.79 Å². The smallest absolute Gasteiger partial charge is 0.409 e. The molecule has 0 spiro atoms. The number of hydrogen-bond acceptors (Lipinski definition) is 9. The second-order valence-electron chi connectivity index (χ2n) is 9.43. The van der Waals surface area contributed by atoms with Gasteiger partial charge in [-0.25, -0.2) is 18.2 Å². The van der Waals surface area contributed by atoms with E-state index < -0.39 is 16.1 Å². The van der Waals surface area contributed by atoms with Crippen LogP contribution in [0.5, 0.6) is 5.75 Å². The molecule has 2 aliphatic rings. The van der Waals surface area contributed by atoms with Crippen molar-refractivity contribution in [3.05, 3.63) is 48.0 Å². The van der Waals surface area contributed by atoms with E-state index in [0.717, 1.165) is 21.1 Å². The van der Waals surface area contributed by atoms with Gasteiger partial charge in [0.15, 0.2) is 5.13 Å². The number of rotatable bonds is 7. The Hall–Kier alpha value is -3.42. The number of thiazole rings is 1. The lowest BCUT2D eigenvalue weighted by atomic mass is 10.2. The number of para-hydroxylation sites is 1. The van der Waals surface area contributed by atoms with Crippen LogP contribution in [0.25, 0.3) is 10.2 Å². The van der Waals surface area contributed by atoms with E-state index in [1.165, 1.54) is 21.3 Å². The number of piperazine rings is 2. The molecule has 2 fully saturated rings. The zero-order chi connectivity index (χ0) is 28.3. The largest absolute Gasteiger partial charge is 0.492 e. The summed E-state index contributed by atoms with van der Waals surface area (Å²) < 4.78 is 39.4. The molecule has 0 radical (unpaired) electrons. The highest BCUT2D eigenvalue weighted by Gasteiger charge is 2.31. The first-order valence-corrected chi connectivity index (χ1v) is 15.7. The topological polar surface area (TPSA) is 113 Å². The standard InChI is InChI=1S/C27H33N5O6S2/c1-3-37-22-6-5-7-23-24(22)28-26(39-23)30-14-12-29(13-15-30)25(33)20-8-10-21(11-9-20)40(35,36)32-18-16-31(17-19-32)27(34)38-4-2/h5-11H,3-4,12-19H2,1-2H3. The predicted octanol–water partition coefficient (Wildman–Crippen LogP) is 3.12. The van der Waals surface area contributed by atoms with Crippen LogP contribution in [0.15, 0.2) is 47.4 Å². The van der Waals surface area contributed by atoms with Gasteiger partial charge in [-0.05, 0) is 50.2 Å². The summed E-state index contributed by atoms with van der Waals surface area (Å²) in [6.07, 6.45) is -0.431. The summed E-state index contributed by atoms with van der Waals surface area (Å²) in [5.74, 6) is 0.648. The van der Waals surface area contributed by atoms with Crippen LogP contribution in [-0.4, -0.2) is 105 Å². The van der Waals surface area contributed by atoms with Crippen molar-refractivity contribution in [2.75, 3.05) is 70.5 Å². The lowest BCUT2D eigenvalue weighted by Crippen LogP contribution is -2.50. The number of carbonyl (C=O) groups is 2. The minimum Gasteiger partial charge on any atom is -0.492 e. The fourth-order valence-corrected chi connectivity index (χ4v) is 7.30. The lowest BCUT2D eigenvalue weighted by Gasteiger charge is -2.34. The van der Waals surface area contributed by atoms with Crippen LogP contribution in [0.4, 0.5) is 9.93 Å². The molecule has 2 aromatic carbocycles. The molecule has 40 heavy (non-hydrogen) atoms. The SMILES string of the molecule is CCOC(=O)N1CCN(S(=O)(=O)c2ccc(C(=O)N3CCN(c4nc5c(OCC)cccc5s4)CC3)cc2)CC1. The first-order valence-electron chi connectivity index (χ1n) is 13.4. The molecule has 5 rings (SSSR count). The van der Waals surface area contributed by atoms with E-state index >= 15 is 0 Å². The summed E-state index contributed by atoms with van der Waals surface area (Å²) in [5, 5.41) is 0.909. The molecule has 0 saturated carbocycles. The van der Waals surface area contributed by atoms with Crippen LogP contribution in [0, 0.1) is 0 Å². The molecule has 2 amide bonds. The minimum absolute atomic E-state index is 0.126. The third kappa shape index (κ3) is 5.72. The van der Waals surface area contributed by atoms with Crippen LogP contribution in [-0.2, 0) is 14.8 Å². The van der Waals surface area contributed by atoms with Gasteiger partial charge >= 0.3 is 6.09 Å². The Morgan fingerprint density at radius 1 is 0.875 bits per heavy atom. The van der Waals surface area contributed by atoms with Crippen LogP contribution in [0.3, 0.4) is 0 Å². The number of anilines is 1. The molecule has 3 aromatic rings. The Bertz CT molecular complexity index is 1460. The monoisotopic (exact) mass is 587 g/mol. The molecule has 11 nitrogen and oxygen atoms in total. The number of aromatic nitrogens is 1. The number of nitrogens with zero attached hydrogens (tertiary/aromatic N) is 5. The average Bonchev–Trinajstić information content (AvgIpc) is 3.43. The zero-order valence-electron chi connectivity index (χ0n) is 22.6. The maximum atomic E-state index is 13.2. The van der Waals surface area contributed by atoms with E-state index in [1.807, 2.05) is 25.1 Å². The van der Waals surface area contributed by atoms with E-state index in [4.69, 9.17) is 14.5 Å². The van der Waals surface area contributed by atoms with Crippen molar-refractivity contribution in [1.29, 1.82) is 0 Å².